The van der Waals surface area contributed by atoms with Crippen molar-refractivity contribution >= 4 is 39.5 Å². The Morgan fingerprint density at radius 2 is 1.87 bits per heavy atom. The van der Waals surface area contributed by atoms with Gasteiger partial charge in [-0.2, -0.15) is 26.3 Å². The van der Waals surface area contributed by atoms with Crippen molar-refractivity contribution in [1.29, 1.82) is 0 Å². The zero-order valence-electron chi connectivity index (χ0n) is 24.0. The number of hydrogen-bond acceptors (Lipinski definition) is 8. The molecule has 0 amide bonds. The maximum Gasteiger partial charge on any atom is 0.434 e. The molecule has 250 valence electrons. The topological polar surface area (TPSA) is 128 Å². The van der Waals surface area contributed by atoms with E-state index in [9.17, 15) is 39.6 Å². The lowest BCUT2D eigenvalue weighted by Crippen LogP contribution is -2.44. The van der Waals surface area contributed by atoms with Crippen LogP contribution in [0.1, 0.15) is 41.5 Å². The number of halogens is 7. The van der Waals surface area contributed by atoms with Crippen molar-refractivity contribution in [3.05, 3.63) is 92.4 Å². The first-order chi connectivity index (χ1) is 22.1. The van der Waals surface area contributed by atoms with Gasteiger partial charge in [-0.3, -0.25) is 4.31 Å². The molecule has 0 fully saturated rings. The summed E-state index contributed by atoms with van der Waals surface area (Å²) in [5.41, 5.74) is -2.58. The molecule has 2 aromatic carbocycles. The first-order valence-corrected chi connectivity index (χ1v) is 15.5. The van der Waals surface area contributed by atoms with Gasteiger partial charge in [0.05, 0.1) is 30.0 Å². The van der Waals surface area contributed by atoms with Gasteiger partial charge in [0.25, 0.3) is 10.0 Å². The van der Waals surface area contributed by atoms with Gasteiger partial charge in [0.1, 0.15) is 11.9 Å². The van der Waals surface area contributed by atoms with Gasteiger partial charge in [0.2, 0.25) is 11.8 Å². The molecule has 5 rings (SSSR count). The molecule has 0 aliphatic carbocycles. The molecular formula is C29H23ClF6N4O6S. The van der Waals surface area contributed by atoms with E-state index in [-0.39, 0.29) is 52.9 Å². The van der Waals surface area contributed by atoms with Gasteiger partial charge in [-0.15, -0.1) is 5.10 Å². The van der Waals surface area contributed by atoms with Gasteiger partial charge in [-0.1, -0.05) is 35.9 Å². The Kier molecular flexibility index (Phi) is 9.32. The highest BCUT2D eigenvalue weighted by Crippen LogP contribution is 2.42. The summed E-state index contributed by atoms with van der Waals surface area (Å²) < 4.78 is 127. The number of pyridine rings is 1. The lowest BCUT2D eigenvalue weighted by Gasteiger charge is -2.36. The van der Waals surface area contributed by atoms with Crippen LogP contribution < -0.4 is 19.5 Å². The number of aryl methyl sites for hydroxylation is 1. The number of hydrogen-bond donors (Lipinski definition) is 1. The Hall–Kier alpha value is -4.51. The first-order valence-electron chi connectivity index (χ1n) is 13.7. The van der Waals surface area contributed by atoms with Crippen LogP contribution in [0.2, 0.25) is 5.02 Å². The average molecular weight is 705 g/mol. The van der Waals surface area contributed by atoms with E-state index in [1.165, 1.54) is 37.3 Å². The average Bonchev–Trinajstić information content (AvgIpc) is 3.43. The van der Waals surface area contributed by atoms with Crippen LogP contribution in [0.4, 0.5) is 32.0 Å². The van der Waals surface area contributed by atoms with Crippen LogP contribution >= 0.6 is 11.6 Å². The summed E-state index contributed by atoms with van der Waals surface area (Å²) in [7, 11) is -4.86. The third-order valence-corrected chi connectivity index (χ3v) is 8.98. The van der Waals surface area contributed by atoms with Crippen molar-refractivity contribution < 1.29 is 48.7 Å². The SMILES string of the molecule is CCOc1ncc(C(F)(F)F)cc1S(=O)(=O)N1C[C@H](CCc2n[nH]c(=O)o2)Oc2ccc(/C=C/c3c(Cl)cccc3C(F)(F)F)cc21. The number of anilines is 1. The lowest BCUT2D eigenvalue weighted by atomic mass is 10.0. The number of ether oxygens (including phenoxy) is 2. The Morgan fingerprint density at radius 3 is 2.53 bits per heavy atom. The number of nitrogens with one attached hydrogen (secondary N) is 1. The summed E-state index contributed by atoms with van der Waals surface area (Å²) in [5, 5.41) is 5.61. The number of aromatic amines is 1. The molecule has 0 bridgehead atoms. The molecule has 0 radical (unpaired) electrons. The summed E-state index contributed by atoms with van der Waals surface area (Å²) in [4.78, 5) is 14.1. The van der Waals surface area contributed by atoms with Crippen molar-refractivity contribution in [2.45, 2.75) is 43.1 Å². The highest BCUT2D eigenvalue weighted by atomic mass is 35.5. The summed E-state index contributed by atoms with van der Waals surface area (Å²) in [6, 6.07) is 7.79. The highest BCUT2D eigenvalue weighted by molar-refractivity contribution is 7.93. The molecule has 0 saturated carbocycles. The van der Waals surface area contributed by atoms with Crippen molar-refractivity contribution in [3.8, 4) is 11.6 Å². The van der Waals surface area contributed by atoms with Gasteiger partial charge in [-0.05, 0) is 49.2 Å². The third-order valence-electron chi connectivity index (χ3n) is 6.87. The normalized spacial score (nSPS) is 15.5. The standard InChI is InChI=1S/C29H23ClF6N4O6S/c1-2-44-26-24(13-17(14-37-26)28(31,32)33)47(42,43)40-15-18(8-11-25-38-39-27(41)46-25)45-23-10-7-16(12-22(23)40)6-9-19-20(29(34,35)36)4-3-5-21(19)30/h3-7,9-10,12-14,18H,2,8,11,15H2,1H3,(H,39,41)/b9-6+/t18-/m0/s1. The number of H-pyrrole nitrogens is 1. The predicted molar refractivity (Wildman–Crippen MR) is 157 cm³/mol. The van der Waals surface area contributed by atoms with Crippen LogP contribution in [0, 0.1) is 0 Å². The van der Waals surface area contributed by atoms with Gasteiger partial charge < -0.3 is 13.9 Å². The fraction of sp³-hybridized carbons (Fsp3) is 0.276. The van der Waals surface area contributed by atoms with E-state index in [0.717, 1.165) is 22.5 Å². The second-order valence-corrected chi connectivity index (χ2v) is 12.3. The smallest absolute Gasteiger partial charge is 0.434 e. The Morgan fingerprint density at radius 1 is 1.11 bits per heavy atom. The monoisotopic (exact) mass is 704 g/mol. The van der Waals surface area contributed by atoms with E-state index in [1.54, 1.807) is 0 Å². The van der Waals surface area contributed by atoms with Gasteiger partial charge in [0.15, 0.2) is 4.90 Å². The zero-order valence-corrected chi connectivity index (χ0v) is 25.6. The minimum absolute atomic E-state index is 0.00271. The zero-order chi connectivity index (χ0) is 34.1. The molecule has 1 N–H and O–H groups in total. The van der Waals surface area contributed by atoms with Crippen molar-refractivity contribution in [3.63, 3.8) is 0 Å². The summed E-state index contributed by atoms with van der Waals surface area (Å²) in [6.07, 6.45) is -7.65. The maximum atomic E-state index is 14.2. The van der Waals surface area contributed by atoms with E-state index in [4.69, 9.17) is 25.5 Å². The molecule has 10 nitrogen and oxygen atoms in total. The fourth-order valence-electron chi connectivity index (χ4n) is 4.73. The van der Waals surface area contributed by atoms with E-state index in [1.807, 2.05) is 0 Å². The molecule has 4 aromatic rings. The molecule has 0 spiro atoms. The number of benzene rings is 2. The number of aromatic nitrogens is 3. The number of sulfonamides is 1. The molecule has 1 aliphatic rings. The molecular weight excluding hydrogens is 682 g/mol. The first kappa shape index (κ1) is 33.8. The van der Waals surface area contributed by atoms with Crippen LogP contribution in [-0.2, 0) is 28.8 Å². The molecule has 18 heteroatoms. The van der Waals surface area contributed by atoms with Gasteiger partial charge in [0, 0.05) is 23.2 Å². The van der Waals surface area contributed by atoms with E-state index >= 15 is 0 Å². The quantitative estimate of drug-likeness (QED) is 0.152. The molecule has 1 atom stereocenters. The molecule has 0 saturated heterocycles. The minimum Gasteiger partial charge on any atom is -0.486 e. The maximum absolute atomic E-state index is 14.2. The number of rotatable bonds is 9. The molecule has 3 heterocycles. The van der Waals surface area contributed by atoms with Gasteiger partial charge >= 0.3 is 18.1 Å². The Bertz CT molecular complexity index is 1980. The molecule has 1 aliphatic heterocycles. The second kappa shape index (κ2) is 12.9. The van der Waals surface area contributed by atoms with Crippen LogP contribution in [0.15, 0.2) is 62.8 Å². The Balaban J connectivity index is 1.59. The molecule has 47 heavy (non-hydrogen) atoms. The van der Waals surface area contributed by atoms with Crippen LogP contribution in [0.3, 0.4) is 0 Å². The van der Waals surface area contributed by atoms with E-state index in [0.29, 0.717) is 12.3 Å². The third kappa shape index (κ3) is 7.40. The molecule has 0 unspecified atom stereocenters. The van der Waals surface area contributed by atoms with Crippen molar-refractivity contribution in [2.75, 3.05) is 17.5 Å². The minimum atomic E-state index is -4.94. The van der Waals surface area contributed by atoms with Crippen molar-refractivity contribution in [1.82, 2.24) is 15.2 Å². The van der Waals surface area contributed by atoms with Crippen LogP contribution in [0.25, 0.3) is 12.2 Å². The largest absolute Gasteiger partial charge is 0.486 e. The van der Waals surface area contributed by atoms with E-state index < -0.39 is 62.7 Å². The summed E-state index contributed by atoms with van der Waals surface area (Å²) in [6.45, 7) is 0.946. The number of alkyl halides is 6. The van der Waals surface area contributed by atoms with Crippen LogP contribution in [0.5, 0.6) is 11.6 Å². The van der Waals surface area contributed by atoms with Crippen LogP contribution in [-0.4, -0.2) is 42.9 Å². The Labute approximate surface area is 267 Å². The number of nitrogens with zero attached hydrogens (tertiary/aromatic N) is 3. The summed E-state index contributed by atoms with van der Waals surface area (Å²) in [5.74, 6) is -1.37. The molecule has 2 aromatic heterocycles. The predicted octanol–water partition coefficient (Wildman–Crippen LogP) is 6.61. The number of fused-ring (bicyclic) bond motifs is 1. The van der Waals surface area contributed by atoms with Gasteiger partial charge in [-0.25, -0.2) is 23.3 Å². The second-order valence-electron chi connectivity index (χ2n) is 10.0. The lowest BCUT2D eigenvalue weighted by molar-refractivity contribution is -0.138. The summed E-state index contributed by atoms with van der Waals surface area (Å²) >= 11 is 6.06. The fourth-order valence-corrected chi connectivity index (χ4v) is 6.58. The van der Waals surface area contributed by atoms with E-state index in [2.05, 4.69) is 15.2 Å². The highest BCUT2D eigenvalue weighted by Gasteiger charge is 2.40. The van der Waals surface area contributed by atoms with Crippen molar-refractivity contribution in [2.24, 2.45) is 0 Å².